The molecule has 2 nitrogen and oxygen atoms in total. The molecule has 1 aliphatic rings. The van der Waals surface area contributed by atoms with Crippen molar-refractivity contribution in [2.24, 2.45) is 5.73 Å². The molecule has 0 bridgehead atoms. The lowest BCUT2D eigenvalue weighted by Gasteiger charge is -2.23. The first-order valence-corrected chi connectivity index (χ1v) is 6.31. The van der Waals surface area contributed by atoms with Crippen molar-refractivity contribution >= 4 is 0 Å². The van der Waals surface area contributed by atoms with Gasteiger partial charge in [-0.05, 0) is 50.4 Å². The average Bonchev–Trinajstić information content (AvgIpc) is 2.83. The Labute approximate surface area is 98.4 Å². The zero-order valence-corrected chi connectivity index (χ0v) is 10.2. The second-order valence-electron chi connectivity index (χ2n) is 4.82. The van der Waals surface area contributed by atoms with Gasteiger partial charge >= 0.3 is 0 Å². The van der Waals surface area contributed by atoms with Crippen molar-refractivity contribution in [3.05, 3.63) is 35.4 Å². The Morgan fingerprint density at radius 2 is 1.69 bits per heavy atom. The standard InChI is InChI=1S/C14H22N2/c1-12(16-8-2-3-9-16)10-13-4-6-14(11-15)7-5-13/h4-7,12H,2-3,8-11,15H2,1H3. The highest BCUT2D eigenvalue weighted by atomic mass is 15.2. The van der Waals surface area contributed by atoms with E-state index in [1.54, 1.807) is 0 Å². The molecule has 2 rings (SSSR count). The normalized spacial score (nSPS) is 18.9. The van der Waals surface area contributed by atoms with E-state index in [0.29, 0.717) is 12.6 Å². The van der Waals surface area contributed by atoms with Gasteiger partial charge < -0.3 is 10.6 Å². The average molecular weight is 218 g/mol. The maximum absolute atomic E-state index is 5.59. The van der Waals surface area contributed by atoms with Gasteiger partial charge in [0, 0.05) is 12.6 Å². The van der Waals surface area contributed by atoms with Gasteiger partial charge in [0.15, 0.2) is 0 Å². The zero-order valence-electron chi connectivity index (χ0n) is 10.2. The van der Waals surface area contributed by atoms with E-state index in [1.165, 1.54) is 37.1 Å². The van der Waals surface area contributed by atoms with Crippen molar-refractivity contribution in [2.75, 3.05) is 13.1 Å². The third-order valence-corrected chi connectivity index (χ3v) is 3.55. The Bertz CT molecular complexity index is 312. The predicted molar refractivity (Wildman–Crippen MR) is 68.3 cm³/mol. The Balaban J connectivity index is 1.92. The molecule has 2 N–H and O–H groups in total. The van der Waals surface area contributed by atoms with Gasteiger partial charge in [-0.3, -0.25) is 0 Å². The summed E-state index contributed by atoms with van der Waals surface area (Å²) >= 11 is 0. The highest BCUT2D eigenvalue weighted by Crippen LogP contribution is 2.15. The van der Waals surface area contributed by atoms with Gasteiger partial charge in [0.05, 0.1) is 0 Å². The number of hydrogen-bond acceptors (Lipinski definition) is 2. The quantitative estimate of drug-likeness (QED) is 0.839. The van der Waals surface area contributed by atoms with Gasteiger partial charge in [0.25, 0.3) is 0 Å². The minimum Gasteiger partial charge on any atom is -0.326 e. The maximum Gasteiger partial charge on any atom is 0.0178 e. The van der Waals surface area contributed by atoms with Crippen LogP contribution < -0.4 is 5.73 Å². The largest absolute Gasteiger partial charge is 0.326 e. The van der Waals surface area contributed by atoms with Crippen LogP contribution in [0.3, 0.4) is 0 Å². The minimum atomic E-state index is 0.641. The third kappa shape index (κ3) is 2.83. The Kier molecular flexibility index (Phi) is 3.97. The minimum absolute atomic E-state index is 0.641. The molecule has 0 radical (unpaired) electrons. The van der Waals surface area contributed by atoms with Gasteiger partial charge in [-0.2, -0.15) is 0 Å². The highest BCUT2D eigenvalue weighted by Gasteiger charge is 2.17. The van der Waals surface area contributed by atoms with E-state index in [9.17, 15) is 0 Å². The fourth-order valence-corrected chi connectivity index (χ4v) is 2.46. The Hall–Kier alpha value is -0.860. The van der Waals surface area contributed by atoms with Crippen LogP contribution in [0.25, 0.3) is 0 Å². The fraction of sp³-hybridized carbons (Fsp3) is 0.571. The Morgan fingerprint density at radius 3 is 2.25 bits per heavy atom. The third-order valence-electron chi connectivity index (χ3n) is 3.55. The van der Waals surface area contributed by atoms with E-state index in [0.717, 1.165) is 6.42 Å². The number of nitrogens with zero attached hydrogens (tertiary/aromatic N) is 1. The molecule has 1 aliphatic heterocycles. The summed E-state index contributed by atoms with van der Waals surface area (Å²) in [6.07, 6.45) is 3.90. The lowest BCUT2D eigenvalue weighted by molar-refractivity contribution is 0.257. The molecular formula is C14H22N2. The summed E-state index contributed by atoms with van der Waals surface area (Å²) < 4.78 is 0. The topological polar surface area (TPSA) is 29.3 Å². The molecule has 0 saturated carbocycles. The van der Waals surface area contributed by atoms with Crippen LogP contribution in [0.4, 0.5) is 0 Å². The van der Waals surface area contributed by atoms with Gasteiger partial charge in [-0.1, -0.05) is 24.3 Å². The summed E-state index contributed by atoms with van der Waals surface area (Å²) in [5, 5.41) is 0. The highest BCUT2D eigenvalue weighted by molar-refractivity contribution is 5.23. The van der Waals surface area contributed by atoms with Crippen molar-refractivity contribution in [1.82, 2.24) is 4.90 Å². The van der Waals surface area contributed by atoms with Gasteiger partial charge in [0.1, 0.15) is 0 Å². The van der Waals surface area contributed by atoms with E-state index >= 15 is 0 Å². The number of hydrogen-bond donors (Lipinski definition) is 1. The number of rotatable bonds is 4. The second kappa shape index (κ2) is 5.46. The van der Waals surface area contributed by atoms with Crippen LogP contribution in [0.1, 0.15) is 30.9 Å². The molecule has 0 spiro atoms. The van der Waals surface area contributed by atoms with E-state index < -0.39 is 0 Å². The summed E-state index contributed by atoms with van der Waals surface area (Å²) in [6, 6.07) is 9.40. The fourth-order valence-electron chi connectivity index (χ4n) is 2.46. The van der Waals surface area contributed by atoms with Crippen LogP contribution in [0.2, 0.25) is 0 Å². The summed E-state index contributed by atoms with van der Waals surface area (Å²) in [6.45, 7) is 5.54. The first-order chi connectivity index (χ1) is 7.79. The molecule has 1 heterocycles. The maximum atomic E-state index is 5.59. The number of benzene rings is 1. The second-order valence-corrected chi connectivity index (χ2v) is 4.82. The molecule has 1 atom stereocenters. The lowest BCUT2D eigenvalue weighted by atomic mass is 10.0. The SMILES string of the molecule is CC(Cc1ccc(CN)cc1)N1CCCC1. The first kappa shape index (κ1) is 11.6. The molecule has 1 unspecified atom stereocenters. The van der Waals surface area contributed by atoms with E-state index in [1.807, 2.05) is 0 Å². The van der Waals surface area contributed by atoms with Crippen molar-refractivity contribution in [3.8, 4) is 0 Å². The molecular weight excluding hydrogens is 196 g/mol. The summed E-state index contributed by atoms with van der Waals surface area (Å²) in [4.78, 5) is 2.59. The van der Waals surface area contributed by atoms with Crippen molar-refractivity contribution in [2.45, 2.75) is 38.8 Å². The van der Waals surface area contributed by atoms with E-state index in [2.05, 4.69) is 36.1 Å². The van der Waals surface area contributed by atoms with Crippen LogP contribution in [0.15, 0.2) is 24.3 Å². The molecule has 1 fully saturated rings. The van der Waals surface area contributed by atoms with Crippen molar-refractivity contribution in [3.63, 3.8) is 0 Å². The number of likely N-dealkylation sites (tertiary alicyclic amines) is 1. The van der Waals surface area contributed by atoms with E-state index in [-0.39, 0.29) is 0 Å². The molecule has 1 aromatic carbocycles. The molecule has 0 amide bonds. The van der Waals surface area contributed by atoms with Crippen molar-refractivity contribution in [1.29, 1.82) is 0 Å². The molecule has 1 aromatic rings. The first-order valence-electron chi connectivity index (χ1n) is 6.31. The monoisotopic (exact) mass is 218 g/mol. The lowest BCUT2D eigenvalue weighted by Crippen LogP contribution is -2.31. The van der Waals surface area contributed by atoms with E-state index in [4.69, 9.17) is 5.73 Å². The molecule has 88 valence electrons. The predicted octanol–water partition coefficient (Wildman–Crippen LogP) is 2.17. The van der Waals surface area contributed by atoms with Crippen LogP contribution in [-0.4, -0.2) is 24.0 Å². The summed E-state index contributed by atoms with van der Waals surface area (Å²) in [5.41, 5.74) is 8.24. The smallest absolute Gasteiger partial charge is 0.0178 e. The Morgan fingerprint density at radius 1 is 1.12 bits per heavy atom. The van der Waals surface area contributed by atoms with Gasteiger partial charge in [0.2, 0.25) is 0 Å². The molecule has 2 heteroatoms. The van der Waals surface area contributed by atoms with Crippen LogP contribution in [0, 0.1) is 0 Å². The van der Waals surface area contributed by atoms with Crippen molar-refractivity contribution < 1.29 is 0 Å². The van der Waals surface area contributed by atoms with Gasteiger partial charge in [-0.25, -0.2) is 0 Å². The molecule has 0 aromatic heterocycles. The van der Waals surface area contributed by atoms with Gasteiger partial charge in [-0.15, -0.1) is 0 Å². The van der Waals surface area contributed by atoms with Crippen LogP contribution in [0.5, 0.6) is 0 Å². The van der Waals surface area contributed by atoms with Crippen LogP contribution >= 0.6 is 0 Å². The zero-order chi connectivity index (χ0) is 11.4. The summed E-state index contributed by atoms with van der Waals surface area (Å²) in [7, 11) is 0. The molecule has 16 heavy (non-hydrogen) atoms. The number of nitrogens with two attached hydrogens (primary N) is 1. The molecule has 1 saturated heterocycles. The molecule has 0 aliphatic carbocycles. The summed E-state index contributed by atoms with van der Waals surface area (Å²) in [5.74, 6) is 0. The van der Waals surface area contributed by atoms with Crippen LogP contribution in [-0.2, 0) is 13.0 Å².